The highest BCUT2D eigenvalue weighted by atomic mass is 16.6. The van der Waals surface area contributed by atoms with E-state index in [-0.39, 0.29) is 23.7 Å². The molecule has 1 aliphatic carbocycles. The third-order valence-corrected chi connectivity index (χ3v) is 6.72. The molecule has 29 heavy (non-hydrogen) atoms. The summed E-state index contributed by atoms with van der Waals surface area (Å²) in [5, 5.41) is 3.35. The zero-order chi connectivity index (χ0) is 20.4. The molecule has 160 valence electrons. The Balaban J connectivity index is 1.58. The van der Waals surface area contributed by atoms with E-state index in [0.717, 1.165) is 36.3 Å². The maximum atomic E-state index is 12.6. The predicted octanol–water partition coefficient (Wildman–Crippen LogP) is 3.64. The highest BCUT2D eigenvalue weighted by Gasteiger charge is 2.49. The van der Waals surface area contributed by atoms with Crippen molar-refractivity contribution in [1.29, 1.82) is 0 Å². The average Bonchev–Trinajstić information content (AvgIpc) is 2.71. The van der Waals surface area contributed by atoms with Crippen LogP contribution in [-0.4, -0.2) is 44.5 Å². The summed E-state index contributed by atoms with van der Waals surface area (Å²) < 4.78 is 23.1. The van der Waals surface area contributed by atoms with Gasteiger partial charge in [-0.2, -0.15) is 0 Å². The fourth-order valence-electron chi connectivity index (χ4n) is 5.18. The number of benzene rings is 1. The second-order valence-electron chi connectivity index (χ2n) is 9.00. The van der Waals surface area contributed by atoms with Gasteiger partial charge < -0.3 is 24.3 Å². The molecule has 4 rings (SSSR count). The first-order valence-electron chi connectivity index (χ1n) is 10.8. The Morgan fingerprint density at radius 3 is 2.83 bits per heavy atom. The lowest BCUT2D eigenvalue weighted by molar-refractivity contribution is -0.154. The van der Waals surface area contributed by atoms with E-state index in [4.69, 9.17) is 18.9 Å². The molecule has 0 aromatic heterocycles. The van der Waals surface area contributed by atoms with E-state index in [0.29, 0.717) is 38.1 Å². The lowest BCUT2D eigenvalue weighted by atomic mass is 9.66. The minimum atomic E-state index is -0.300. The van der Waals surface area contributed by atoms with Crippen LogP contribution in [0.25, 0.3) is 0 Å². The molecule has 1 saturated heterocycles. The van der Waals surface area contributed by atoms with Gasteiger partial charge in [0, 0.05) is 31.4 Å². The number of methoxy groups -OCH3 is 1. The van der Waals surface area contributed by atoms with Gasteiger partial charge >= 0.3 is 0 Å². The van der Waals surface area contributed by atoms with Crippen molar-refractivity contribution in [2.24, 2.45) is 11.8 Å². The summed E-state index contributed by atoms with van der Waals surface area (Å²) in [5.74, 6) is 2.59. The number of carbonyl (C=O) groups is 1. The standard InChI is InChI=1S/C23H33NO5/c1-15-4-6-17-19(12-15)29-21(14-23(17,2)24-22(25)8-9-26-3)16-5-7-18-20(13-16)28-11-10-27-18/h5,7,13,15,17,19,21H,4,6,8-12,14H2,1-3H3,(H,24,25)/t15-,17-,19-,21-,23+/m1/s1. The quantitative estimate of drug-likeness (QED) is 0.813. The number of fused-ring (bicyclic) bond motifs is 2. The molecule has 5 atom stereocenters. The molecule has 1 saturated carbocycles. The van der Waals surface area contributed by atoms with Crippen LogP contribution in [-0.2, 0) is 14.3 Å². The van der Waals surface area contributed by atoms with Gasteiger partial charge in [0.15, 0.2) is 11.5 Å². The molecule has 2 aliphatic heterocycles. The van der Waals surface area contributed by atoms with Gasteiger partial charge in [-0.1, -0.05) is 19.4 Å². The molecular weight excluding hydrogens is 370 g/mol. The largest absolute Gasteiger partial charge is 0.486 e. The molecule has 6 nitrogen and oxygen atoms in total. The van der Waals surface area contributed by atoms with E-state index in [1.54, 1.807) is 7.11 Å². The van der Waals surface area contributed by atoms with Crippen LogP contribution in [0.5, 0.6) is 11.5 Å². The Bertz CT molecular complexity index is 738. The fourth-order valence-corrected chi connectivity index (χ4v) is 5.18. The molecule has 2 heterocycles. The average molecular weight is 404 g/mol. The van der Waals surface area contributed by atoms with E-state index < -0.39 is 0 Å². The number of amides is 1. The summed E-state index contributed by atoms with van der Waals surface area (Å²) in [5.41, 5.74) is 0.787. The smallest absolute Gasteiger partial charge is 0.222 e. The number of carbonyl (C=O) groups excluding carboxylic acids is 1. The Morgan fingerprint density at radius 1 is 1.24 bits per heavy atom. The number of hydrogen-bond donors (Lipinski definition) is 1. The zero-order valence-corrected chi connectivity index (χ0v) is 17.7. The number of nitrogens with one attached hydrogen (secondary N) is 1. The van der Waals surface area contributed by atoms with E-state index in [2.05, 4.69) is 25.2 Å². The summed E-state index contributed by atoms with van der Waals surface area (Å²) in [4.78, 5) is 12.6. The summed E-state index contributed by atoms with van der Waals surface area (Å²) in [6.45, 7) is 6.08. The summed E-state index contributed by atoms with van der Waals surface area (Å²) in [7, 11) is 1.62. The summed E-state index contributed by atoms with van der Waals surface area (Å²) >= 11 is 0. The van der Waals surface area contributed by atoms with Crippen LogP contribution < -0.4 is 14.8 Å². The highest BCUT2D eigenvalue weighted by molar-refractivity contribution is 5.77. The monoisotopic (exact) mass is 403 g/mol. The van der Waals surface area contributed by atoms with Crippen molar-refractivity contribution in [3.05, 3.63) is 23.8 Å². The molecule has 0 unspecified atom stereocenters. The summed E-state index contributed by atoms with van der Waals surface area (Å²) in [6, 6.07) is 6.08. The van der Waals surface area contributed by atoms with Gasteiger partial charge in [0.05, 0.1) is 18.8 Å². The first-order chi connectivity index (χ1) is 14.0. The molecular formula is C23H33NO5. The van der Waals surface area contributed by atoms with Crippen molar-refractivity contribution in [3.8, 4) is 11.5 Å². The Kier molecular flexibility index (Phi) is 6.02. The predicted molar refractivity (Wildman–Crippen MR) is 109 cm³/mol. The Labute approximate surface area is 173 Å². The van der Waals surface area contributed by atoms with Crippen molar-refractivity contribution >= 4 is 5.91 Å². The number of ether oxygens (including phenoxy) is 4. The lowest BCUT2D eigenvalue weighted by Crippen LogP contribution is -2.60. The van der Waals surface area contributed by atoms with Crippen LogP contribution in [0, 0.1) is 11.8 Å². The third kappa shape index (κ3) is 4.38. The second-order valence-corrected chi connectivity index (χ2v) is 9.00. The summed E-state index contributed by atoms with van der Waals surface area (Å²) in [6.07, 6.45) is 4.51. The Morgan fingerprint density at radius 2 is 2.03 bits per heavy atom. The zero-order valence-electron chi connectivity index (χ0n) is 17.7. The van der Waals surface area contributed by atoms with Gasteiger partial charge in [-0.25, -0.2) is 0 Å². The highest BCUT2D eigenvalue weighted by Crippen LogP contribution is 2.48. The van der Waals surface area contributed by atoms with Crippen molar-refractivity contribution in [2.75, 3.05) is 26.9 Å². The number of rotatable bonds is 5. The SMILES string of the molecule is COCCC(=O)N[C@@]1(C)C[C@H](c2ccc3c(c2)OCCO3)O[C@@H]2C[C@H](C)CC[C@H]21. The molecule has 0 radical (unpaired) electrons. The topological polar surface area (TPSA) is 66.0 Å². The van der Waals surface area contributed by atoms with Crippen LogP contribution in [0.1, 0.15) is 57.6 Å². The minimum absolute atomic E-state index is 0.0505. The van der Waals surface area contributed by atoms with Gasteiger partial charge in [0.1, 0.15) is 13.2 Å². The van der Waals surface area contributed by atoms with Gasteiger partial charge in [0.2, 0.25) is 5.91 Å². The van der Waals surface area contributed by atoms with E-state index in [9.17, 15) is 4.79 Å². The molecule has 0 spiro atoms. The van der Waals surface area contributed by atoms with Crippen molar-refractivity contribution in [3.63, 3.8) is 0 Å². The van der Waals surface area contributed by atoms with Gasteiger partial charge in [-0.15, -0.1) is 0 Å². The van der Waals surface area contributed by atoms with Crippen LogP contribution in [0.4, 0.5) is 0 Å². The molecule has 6 heteroatoms. The van der Waals surface area contributed by atoms with Crippen molar-refractivity contribution in [2.45, 2.75) is 63.7 Å². The van der Waals surface area contributed by atoms with Crippen LogP contribution in [0.2, 0.25) is 0 Å². The first kappa shape index (κ1) is 20.5. The molecule has 2 fully saturated rings. The third-order valence-electron chi connectivity index (χ3n) is 6.72. The fraction of sp³-hybridized carbons (Fsp3) is 0.696. The second kappa shape index (κ2) is 8.52. The van der Waals surface area contributed by atoms with Crippen LogP contribution in [0.3, 0.4) is 0 Å². The molecule has 0 bridgehead atoms. The number of hydrogen-bond acceptors (Lipinski definition) is 5. The van der Waals surface area contributed by atoms with E-state index >= 15 is 0 Å². The molecule has 3 aliphatic rings. The van der Waals surface area contributed by atoms with E-state index in [1.807, 2.05) is 12.1 Å². The molecule has 1 amide bonds. The lowest BCUT2D eigenvalue weighted by Gasteiger charge is -2.52. The van der Waals surface area contributed by atoms with E-state index in [1.165, 1.54) is 6.42 Å². The van der Waals surface area contributed by atoms with Crippen molar-refractivity contribution < 1.29 is 23.7 Å². The minimum Gasteiger partial charge on any atom is -0.486 e. The first-order valence-corrected chi connectivity index (χ1v) is 10.8. The molecule has 1 aromatic rings. The van der Waals surface area contributed by atoms with Gasteiger partial charge in [-0.3, -0.25) is 4.79 Å². The molecule has 1 N–H and O–H groups in total. The van der Waals surface area contributed by atoms with Crippen LogP contribution >= 0.6 is 0 Å². The van der Waals surface area contributed by atoms with Gasteiger partial charge in [0.25, 0.3) is 0 Å². The Hall–Kier alpha value is -1.79. The van der Waals surface area contributed by atoms with Gasteiger partial charge in [-0.05, 0) is 43.4 Å². The maximum absolute atomic E-state index is 12.6. The maximum Gasteiger partial charge on any atom is 0.222 e. The van der Waals surface area contributed by atoms with Crippen molar-refractivity contribution in [1.82, 2.24) is 5.32 Å². The van der Waals surface area contributed by atoms with Crippen LogP contribution in [0.15, 0.2) is 18.2 Å². The molecule has 1 aromatic carbocycles. The normalized spacial score (nSPS) is 33.6.